The van der Waals surface area contributed by atoms with Crippen molar-refractivity contribution in [3.63, 3.8) is 0 Å². The van der Waals surface area contributed by atoms with Gasteiger partial charge in [-0.25, -0.2) is 8.42 Å². The molecule has 0 unspecified atom stereocenters. The largest absolute Gasteiger partial charge is 1.00 e. The Labute approximate surface area is 276 Å². The number of hydrogen-bond acceptors (Lipinski definition) is 8. The zero-order chi connectivity index (χ0) is 27.8. The minimum atomic E-state index is -4.33. The fourth-order valence-corrected chi connectivity index (χ4v) is 5.15. The molecule has 202 valence electrons. The Balaban J connectivity index is 0.00000533. The normalized spacial score (nSPS) is 14.8. The van der Waals surface area contributed by atoms with Gasteiger partial charge >= 0.3 is 51.4 Å². The first-order valence-corrected chi connectivity index (χ1v) is 14.1. The summed E-state index contributed by atoms with van der Waals surface area (Å²) in [5.41, 5.74) is 3.02. The Morgan fingerprint density at radius 1 is 1.10 bits per heavy atom. The molecule has 1 aliphatic heterocycles. The zero-order valence-corrected chi connectivity index (χ0v) is 27.0. The number of hydrogen-bond donors (Lipinski definition) is 0. The van der Waals surface area contributed by atoms with Gasteiger partial charge in [0.05, 0.1) is 27.6 Å². The Bertz CT molecular complexity index is 1370. The standard InChI is InChI=1S/C27H30N2O7S2.K/c1-21(30)28(22-12-7-6-8-13-22)17-10-5-4-9-14-26-27(2,3)24-20-23(37-36-35-31)15-16-25(24)29(26)18-11-19-38(32,33)34;/h4-10,12-17,20H,11,18-19H2,1-3H3,(H-,31,32,33,34);/q;+1/p-1. The van der Waals surface area contributed by atoms with E-state index in [2.05, 4.69) is 9.37 Å². The molecular weight excluding hydrogens is 568 g/mol. The zero-order valence-electron chi connectivity index (χ0n) is 22.3. The molecule has 0 atom stereocenters. The van der Waals surface area contributed by atoms with Gasteiger partial charge in [0, 0.05) is 53.6 Å². The van der Waals surface area contributed by atoms with Gasteiger partial charge in [-0.05, 0) is 44.2 Å². The molecule has 1 heterocycles. The number of benzene rings is 2. The Morgan fingerprint density at radius 2 is 1.79 bits per heavy atom. The van der Waals surface area contributed by atoms with Crippen molar-refractivity contribution in [2.24, 2.45) is 0 Å². The summed E-state index contributed by atoms with van der Waals surface area (Å²) in [6.45, 7) is 5.89. The Morgan fingerprint density at radius 3 is 2.44 bits per heavy atom. The molecule has 0 aliphatic carbocycles. The second kappa shape index (κ2) is 15.5. The molecule has 0 spiro atoms. The predicted octanol–water partition coefficient (Wildman–Crippen LogP) is 0.912. The Hall–Kier alpha value is -1.42. The number of nitrogens with zero attached hydrogens (tertiary/aromatic N) is 2. The van der Waals surface area contributed by atoms with Crippen LogP contribution in [0, 0.1) is 0 Å². The van der Waals surface area contributed by atoms with Crippen molar-refractivity contribution in [2.75, 3.05) is 17.2 Å². The number of carbonyl (C=O) groups is 1. The van der Waals surface area contributed by atoms with E-state index in [4.69, 9.17) is 0 Å². The molecule has 0 fully saturated rings. The Kier molecular flexibility index (Phi) is 13.5. The van der Waals surface area contributed by atoms with Gasteiger partial charge in [-0.2, -0.15) is 8.91 Å². The van der Waals surface area contributed by atoms with Crippen LogP contribution in [-0.2, 0) is 29.7 Å². The van der Waals surface area contributed by atoms with Gasteiger partial charge in [-0.1, -0.05) is 36.4 Å². The maximum absolute atomic E-state index is 12.0. The van der Waals surface area contributed by atoms with E-state index in [-0.39, 0.29) is 63.7 Å². The molecule has 2 aromatic rings. The van der Waals surface area contributed by atoms with Crippen molar-refractivity contribution < 1.29 is 88.4 Å². The van der Waals surface area contributed by atoms with Crippen molar-refractivity contribution in [1.29, 1.82) is 0 Å². The van der Waals surface area contributed by atoms with E-state index >= 15 is 0 Å². The quantitative estimate of drug-likeness (QED) is 0.0674. The maximum atomic E-state index is 12.0. The molecule has 0 N–H and O–H groups in total. The van der Waals surface area contributed by atoms with Gasteiger partial charge in [0.15, 0.2) is 5.71 Å². The van der Waals surface area contributed by atoms with Crippen LogP contribution in [0.25, 0.3) is 0 Å². The van der Waals surface area contributed by atoms with E-state index in [0.717, 1.165) is 34.7 Å². The molecule has 1 amide bonds. The number of rotatable bonds is 12. The van der Waals surface area contributed by atoms with Gasteiger partial charge in [0.2, 0.25) is 11.6 Å². The average molecular weight is 597 g/mol. The second-order valence-electron chi connectivity index (χ2n) is 8.99. The number of anilines is 1. The predicted molar refractivity (Wildman–Crippen MR) is 143 cm³/mol. The van der Waals surface area contributed by atoms with E-state index in [1.54, 1.807) is 29.3 Å². The first kappa shape index (κ1) is 33.8. The molecule has 1 aliphatic rings. The average Bonchev–Trinajstić information content (AvgIpc) is 3.07. The van der Waals surface area contributed by atoms with Gasteiger partial charge in [0.25, 0.3) is 0 Å². The molecule has 0 saturated carbocycles. The molecule has 0 aromatic heterocycles. The molecule has 0 saturated heterocycles. The molecular formula is C27H29KN2O7S2. The third-order valence-electron chi connectivity index (χ3n) is 5.99. The van der Waals surface area contributed by atoms with Gasteiger partial charge < -0.3 is 9.81 Å². The summed E-state index contributed by atoms with van der Waals surface area (Å²) in [5, 5.41) is 13.7. The van der Waals surface area contributed by atoms with Crippen LogP contribution in [-0.4, -0.2) is 41.5 Å². The van der Waals surface area contributed by atoms with Crippen LogP contribution in [0.5, 0.6) is 0 Å². The van der Waals surface area contributed by atoms with Crippen molar-refractivity contribution in [3.8, 4) is 0 Å². The minimum Gasteiger partial charge on any atom is -0.748 e. The fourth-order valence-electron chi connectivity index (χ4n) is 4.27. The van der Waals surface area contributed by atoms with Crippen LogP contribution >= 0.6 is 12.0 Å². The first-order valence-electron chi connectivity index (χ1n) is 11.8. The topological polar surface area (TPSA) is 122 Å². The van der Waals surface area contributed by atoms with E-state index < -0.39 is 21.3 Å². The molecule has 0 bridgehead atoms. The summed E-state index contributed by atoms with van der Waals surface area (Å²) in [6, 6.07) is 14.8. The fraction of sp³-hybridized carbons (Fsp3) is 0.259. The summed E-state index contributed by atoms with van der Waals surface area (Å²) in [5.74, 6) is -0.574. The summed E-state index contributed by atoms with van der Waals surface area (Å²) in [7, 11) is -4.33. The van der Waals surface area contributed by atoms with Crippen molar-refractivity contribution in [2.45, 2.75) is 37.5 Å². The van der Waals surface area contributed by atoms with E-state index in [9.17, 15) is 23.0 Å². The van der Waals surface area contributed by atoms with Crippen LogP contribution in [0.2, 0.25) is 0 Å². The number of para-hydroxylation sites is 1. The monoisotopic (exact) mass is 596 g/mol. The number of allylic oxidation sites excluding steroid dienone is 5. The summed E-state index contributed by atoms with van der Waals surface area (Å²) in [4.78, 5) is 14.2. The van der Waals surface area contributed by atoms with Crippen LogP contribution in [0.3, 0.4) is 0 Å². The molecule has 12 heteroatoms. The van der Waals surface area contributed by atoms with Gasteiger partial charge in [-0.15, -0.1) is 0 Å². The first-order chi connectivity index (χ1) is 18.0. The second-order valence-corrected chi connectivity index (χ2v) is 11.3. The molecule has 39 heavy (non-hydrogen) atoms. The van der Waals surface area contributed by atoms with Crippen LogP contribution in [0.4, 0.5) is 11.4 Å². The number of amides is 1. The molecule has 0 radical (unpaired) electrons. The van der Waals surface area contributed by atoms with Gasteiger partial charge in [-0.3, -0.25) is 14.7 Å². The van der Waals surface area contributed by atoms with Crippen LogP contribution in [0.15, 0.2) is 90.0 Å². The summed E-state index contributed by atoms with van der Waals surface area (Å²) >= 11 is 0.793. The smallest absolute Gasteiger partial charge is 0.748 e. The van der Waals surface area contributed by atoms with E-state index in [0.29, 0.717) is 11.4 Å². The van der Waals surface area contributed by atoms with Crippen molar-refractivity contribution >= 4 is 45.2 Å². The third kappa shape index (κ3) is 9.58. The summed E-state index contributed by atoms with van der Waals surface area (Å²) < 4.78 is 39.9. The summed E-state index contributed by atoms with van der Waals surface area (Å²) in [6.07, 6.45) is 11.0. The molecule has 2 aromatic carbocycles. The third-order valence-corrected chi connectivity index (χ3v) is 7.35. The molecule has 9 nitrogen and oxygen atoms in total. The van der Waals surface area contributed by atoms with E-state index in [1.807, 2.05) is 79.1 Å². The van der Waals surface area contributed by atoms with Crippen molar-refractivity contribution in [1.82, 2.24) is 0 Å². The maximum Gasteiger partial charge on any atom is 1.00 e. The minimum absolute atomic E-state index is 0. The molecule has 3 rings (SSSR count). The van der Waals surface area contributed by atoms with Gasteiger partial charge in [0.1, 0.15) is 6.54 Å². The van der Waals surface area contributed by atoms with Crippen LogP contribution in [0.1, 0.15) is 32.8 Å². The van der Waals surface area contributed by atoms with E-state index in [1.165, 1.54) is 6.92 Å². The number of carbonyl (C=O) groups excluding carboxylic acids is 1. The van der Waals surface area contributed by atoms with Crippen LogP contribution < -0.4 is 61.5 Å². The van der Waals surface area contributed by atoms with Crippen molar-refractivity contribution in [3.05, 3.63) is 90.7 Å². The SMILES string of the molecule is CC(=O)N(/C=C/C=C/C=C/C1=[N+](CCCS(=O)(=O)[O-])c2ccc(SOO[O-])cc2C1(C)C)c1ccccc1.[K+]. The number of fused-ring (bicyclic) bond motifs is 1.